The van der Waals surface area contributed by atoms with E-state index in [2.05, 4.69) is 63.8 Å². The van der Waals surface area contributed by atoms with Gasteiger partial charge in [-0.25, -0.2) is 4.68 Å². The molecule has 0 spiro atoms. The third-order valence-corrected chi connectivity index (χ3v) is 4.33. The molecule has 2 aromatic rings. The lowest BCUT2D eigenvalue weighted by atomic mass is 9.76. The first kappa shape index (κ1) is 12.0. The minimum Gasteiger partial charge on any atom is -0.237 e. The predicted octanol–water partition coefficient (Wildman–Crippen LogP) is 4.25. The normalized spacial score (nSPS) is 17.5. The number of aromatic nitrogens is 2. The van der Waals surface area contributed by atoms with Crippen molar-refractivity contribution in [1.29, 1.82) is 0 Å². The van der Waals surface area contributed by atoms with Gasteiger partial charge < -0.3 is 0 Å². The van der Waals surface area contributed by atoms with Crippen molar-refractivity contribution in [1.82, 2.24) is 9.78 Å². The lowest BCUT2D eigenvalue weighted by Crippen LogP contribution is -2.26. The van der Waals surface area contributed by atoms with Gasteiger partial charge in [-0.1, -0.05) is 29.8 Å². The Labute approximate surface area is 116 Å². The predicted molar refractivity (Wildman–Crippen MR) is 77.2 cm³/mol. The van der Waals surface area contributed by atoms with Crippen molar-refractivity contribution in [2.24, 2.45) is 0 Å². The average Bonchev–Trinajstić information content (AvgIpc) is 2.75. The highest BCUT2D eigenvalue weighted by atomic mass is 79.9. The molecule has 0 radical (unpaired) electrons. The maximum atomic E-state index is 4.59. The van der Waals surface area contributed by atoms with E-state index in [9.17, 15) is 0 Å². The summed E-state index contributed by atoms with van der Waals surface area (Å²) in [5.41, 5.74) is 4.16. The van der Waals surface area contributed by atoms with Crippen LogP contribution in [0.1, 0.15) is 37.9 Å². The Hall–Kier alpha value is -1.09. The third-order valence-electron chi connectivity index (χ3n) is 3.81. The van der Waals surface area contributed by atoms with E-state index in [-0.39, 0.29) is 5.41 Å². The van der Waals surface area contributed by atoms with Gasteiger partial charge in [0.25, 0.3) is 0 Å². The van der Waals surface area contributed by atoms with Crippen LogP contribution in [-0.4, -0.2) is 9.78 Å². The topological polar surface area (TPSA) is 17.8 Å². The molecule has 94 valence electrons. The zero-order valence-electron chi connectivity index (χ0n) is 10.8. The summed E-state index contributed by atoms with van der Waals surface area (Å²) in [6, 6.07) is 8.36. The molecule has 0 atom stereocenters. The van der Waals surface area contributed by atoms with Gasteiger partial charge in [-0.05, 0) is 49.1 Å². The highest BCUT2D eigenvalue weighted by Gasteiger charge is 2.31. The Balaban J connectivity index is 2.14. The van der Waals surface area contributed by atoms with Gasteiger partial charge in [-0.3, -0.25) is 0 Å². The number of halogens is 1. The van der Waals surface area contributed by atoms with Crippen molar-refractivity contribution in [3.05, 3.63) is 46.2 Å². The van der Waals surface area contributed by atoms with Crippen molar-refractivity contribution < 1.29 is 0 Å². The molecule has 1 aliphatic rings. The number of rotatable bonds is 1. The molecule has 0 amide bonds. The second kappa shape index (κ2) is 4.23. The molecule has 0 saturated heterocycles. The second-order valence-electron chi connectivity index (χ2n) is 5.64. The van der Waals surface area contributed by atoms with Gasteiger partial charge in [0.2, 0.25) is 0 Å². The fraction of sp³-hybridized carbons (Fsp3) is 0.400. The smallest absolute Gasteiger partial charge is 0.0649 e. The van der Waals surface area contributed by atoms with E-state index in [0.717, 1.165) is 16.6 Å². The van der Waals surface area contributed by atoms with Crippen LogP contribution >= 0.6 is 15.9 Å². The first-order valence-corrected chi connectivity index (χ1v) is 7.20. The van der Waals surface area contributed by atoms with Gasteiger partial charge in [0.1, 0.15) is 0 Å². The van der Waals surface area contributed by atoms with Crippen LogP contribution in [0.5, 0.6) is 0 Å². The second-order valence-corrected chi connectivity index (χ2v) is 6.56. The molecule has 2 nitrogen and oxygen atoms in total. The van der Waals surface area contributed by atoms with E-state index in [1.165, 1.54) is 24.1 Å². The number of nitrogens with zero attached hydrogens (tertiary/aromatic N) is 2. The van der Waals surface area contributed by atoms with Crippen LogP contribution < -0.4 is 0 Å². The molecule has 0 aliphatic heterocycles. The zero-order valence-corrected chi connectivity index (χ0v) is 12.4. The quantitative estimate of drug-likeness (QED) is 0.770. The van der Waals surface area contributed by atoms with Crippen LogP contribution in [0.3, 0.4) is 0 Å². The van der Waals surface area contributed by atoms with Gasteiger partial charge in [-0.15, -0.1) is 0 Å². The molecule has 0 fully saturated rings. The molecule has 0 unspecified atom stereocenters. The fourth-order valence-corrected chi connectivity index (χ4v) is 3.17. The standard InChI is InChI=1S/C15H17BrN2/c1-15(2)9-3-4-11-10-17-18(14(11)15)13-7-5-12(16)6-8-13/h5-8,10H,3-4,9H2,1-2H3. The number of aryl methyl sites for hydroxylation is 1. The summed E-state index contributed by atoms with van der Waals surface area (Å²) >= 11 is 3.48. The summed E-state index contributed by atoms with van der Waals surface area (Å²) in [7, 11) is 0. The lowest BCUT2D eigenvalue weighted by molar-refractivity contribution is 0.410. The monoisotopic (exact) mass is 304 g/mol. The van der Waals surface area contributed by atoms with Gasteiger partial charge in [-0.2, -0.15) is 5.10 Å². The molecule has 1 aromatic carbocycles. The van der Waals surface area contributed by atoms with Crippen molar-refractivity contribution >= 4 is 15.9 Å². The number of benzene rings is 1. The summed E-state index contributed by atoms with van der Waals surface area (Å²) in [5, 5.41) is 4.59. The maximum absolute atomic E-state index is 4.59. The van der Waals surface area contributed by atoms with E-state index in [4.69, 9.17) is 0 Å². The Morgan fingerprint density at radius 2 is 1.94 bits per heavy atom. The Morgan fingerprint density at radius 1 is 1.22 bits per heavy atom. The first-order valence-electron chi connectivity index (χ1n) is 6.41. The largest absolute Gasteiger partial charge is 0.237 e. The van der Waals surface area contributed by atoms with Crippen LogP contribution in [0.2, 0.25) is 0 Å². The Bertz CT molecular complexity index is 567. The van der Waals surface area contributed by atoms with Gasteiger partial charge in [0.05, 0.1) is 17.6 Å². The van der Waals surface area contributed by atoms with Crippen molar-refractivity contribution in [3.8, 4) is 5.69 Å². The van der Waals surface area contributed by atoms with Crippen molar-refractivity contribution in [2.45, 2.75) is 38.5 Å². The van der Waals surface area contributed by atoms with Crippen LogP contribution in [0.15, 0.2) is 34.9 Å². The van der Waals surface area contributed by atoms with Crippen LogP contribution in [0, 0.1) is 0 Å². The SMILES string of the molecule is CC1(C)CCCc2cnn(-c3ccc(Br)cc3)c21. The average molecular weight is 305 g/mol. The molecular formula is C15H17BrN2. The van der Waals surface area contributed by atoms with Crippen LogP contribution in [0.4, 0.5) is 0 Å². The number of fused-ring (bicyclic) bond motifs is 1. The van der Waals surface area contributed by atoms with Crippen molar-refractivity contribution in [2.75, 3.05) is 0 Å². The Kier molecular flexibility index (Phi) is 2.81. The molecule has 3 rings (SSSR count). The third kappa shape index (κ3) is 1.91. The molecule has 1 aliphatic carbocycles. The van der Waals surface area contributed by atoms with Gasteiger partial charge in [0.15, 0.2) is 0 Å². The van der Waals surface area contributed by atoms with Crippen molar-refractivity contribution in [3.63, 3.8) is 0 Å². The summed E-state index contributed by atoms with van der Waals surface area (Å²) in [5.74, 6) is 0. The first-order chi connectivity index (χ1) is 8.58. The molecule has 3 heteroatoms. The van der Waals surface area contributed by atoms with E-state index in [1.54, 1.807) is 0 Å². The molecule has 0 N–H and O–H groups in total. The molecular weight excluding hydrogens is 288 g/mol. The number of hydrogen-bond donors (Lipinski definition) is 0. The van der Waals surface area contributed by atoms with Crippen LogP contribution in [-0.2, 0) is 11.8 Å². The van der Waals surface area contributed by atoms with E-state index in [1.807, 2.05) is 6.20 Å². The molecule has 1 aromatic heterocycles. The fourth-order valence-electron chi connectivity index (χ4n) is 2.90. The van der Waals surface area contributed by atoms with E-state index in [0.29, 0.717) is 0 Å². The summed E-state index contributed by atoms with van der Waals surface area (Å²) < 4.78 is 3.22. The van der Waals surface area contributed by atoms with Gasteiger partial charge in [0, 0.05) is 9.89 Å². The maximum Gasteiger partial charge on any atom is 0.0649 e. The Morgan fingerprint density at radius 3 is 2.67 bits per heavy atom. The highest BCUT2D eigenvalue weighted by molar-refractivity contribution is 9.10. The number of hydrogen-bond acceptors (Lipinski definition) is 1. The highest BCUT2D eigenvalue weighted by Crippen LogP contribution is 2.37. The zero-order chi connectivity index (χ0) is 12.8. The van der Waals surface area contributed by atoms with Crippen LogP contribution in [0.25, 0.3) is 5.69 Å². The van der Waals surface area contributed by atoms with Gasteiger partial charge >= 0.3 is 0 Å². The molecule has 0 saturated carbocycles. The lowest BCUT2D eigenvalue weighted by Gasteiger charge is -2.31. The molecule has 18 heavy (non-hydrogen) atoms. The summed E-state index contributed by atoms with van der Waals surface area (Å²) in [6.07, 6.45) is 5.71. The molecule has 1 heterocycles. The van der Waals surface area contributed by atoms with E-state index < -0.39 is 0 Å². The van der Waals surface area contributed by atoms with E-state index >= 15 is 0 Å². The molecule has 0 bridgehead atoms. The minimum absolute atomic E-state index is 0.219. The summed E-state index contributed by atoms with van der Waals surface area (Å²) in [6.45, 7) is 4.64. The summed E-state index contributed by atoms with van der Waals surface area (Å²) in [4.78, 5) is 0. The minimum atomic E-state index is 0.219.